The van der Waals surface area contributed by atoms with Crippen molar-refractivity contribution in [1.29, 1.82) is 0 Å². The smallest absolute Gasteiger partial charge is 0.149 e. The molecular formula is C17H19Cl2NO2. The number of alkyl halides is 1. The van der Waals surface area contributed by atoms with Crippen molar-refractivity contribution in [2.24, 2.45) is 5.73 Å². The zero-order chi connectivity index (χ0) is 15.1. The number of halogens is 2. The van der Waals surface area contributed by atoms with Crippen LogP contribution in [0.15, 0.2) is 54.6 Å². The second-order valence-electron chi connectivity index (χ2n) is 4.83. The largest absolute Gasteiger partial charge is 0.489 e. The second kappa shape index (κ2) is 9.46. The van der Waals surface area contributed by atoms with Crippen molar-refractivity contribution >= 4 is 29.8 Å². The lowest BCUT2D eigenvalue weighted by molar-refractivity contribution is -0.117. The summed E-state index contributed by atoms with van der Waals surface area (Å²) in [6, 6.07) is 17.1. The van der Waals surface area contributed by atoms with Gasteiger partial charge in [-0.2, -0.15) is 0 Å². The van der Waals surface area contributed by atoms with E-state index in [0.717, 1.165) is 16.9 Å². The number of nitrogens with two attached hydrogens (primary N) is 1. The van der Waals surface area contributed by atoms with Crippen LogP contribution in [0, 0.1) is 0 Å². The first kappa shape index (κ1) is 18.5. The van der Waals surface area contributed by atoms with Crippen LogP contribution in [-0.2, 0) is 11.4 Å². The van der Waals surface area contributed by atoms with E-state index < -0.39 is 0 Å². The normalized spacial score (nSPS) is 11.4. The maximum atomic E-state index is 11.3. The molecule has 0 heterocycles. The molecule has 2 rings (SSSR count). The van der Waals surface area contributed by atoms with Gasteiger partial charge in [0.2, 0.25) is 0 Å². The zero-order valence-electron chi connectivity index (χ0n) is 12.1. The SMILES string of the molecule is Cl.NC(CC(=O)CCl)c1ccc(OCc2ccccc2)cc1. The molecule has 22 heavy (non-hydrogen) atoms. The summed E-state index contributed by atoms with van der Waals surface area (Å²) in [6.45, 7) is 0.525. The van der Waals surface area contributed by atoms with Gasteiger partial charge in [0.1, 0.15) is 18.1 Å². The number of hydrogen-bond donors (Lipinski definition) is 1. The van der Waals surface area contributed by atoms with Crippen LogP contribution in [0.25, 0.3) is 0 Å². The highest BCUT2D eigenvalue weighted by Gasteiger charge is 2.10. The van der Waals surface area contributed by atoms with Crippen LogP contribution < -0.4 is 10.5 Å². The summed E-state index contributed by atoms with van der Waals surface area (Å²) in [7, 11) is 0. The molecule has 0 aliphatic carbocycles. The standard InChI is InChI=1S/C17H18ClNO2.ClH/c18-11-15(20)10-17(19)14-6-8-16(9-7-14)21-12-13-4-2-1-3-5-13;/h1-9,17H,10-12,19H2;1H. The molecule has 2 N–H and O–H groups in total. The van der Waals surface area contributed by atoms with Crippen molar-refractivity contribution < 1.29 is 9.53 Å². The van der Waals surface area contributed by atoms with Crippen LogP contribution in [-0.4, -0.2) is 11.7 Å². The Balaban J connectivity index is 0.00000242. The first-order chi connectivity index (χ1) is 10.2. The first-order valence-corrected chi connectivity index (χ1v) is 7.32. The Bertz CT molecular complexity index is 573. The minimum Gasteiger partial charge on any atom is -0.489 e. The third-order valence-electron chi connectivity index (χ3n) is 3.15. The minimum absolute atomic E-state index is 0. The molecule has 0 amide bonds. The van der Waals surface area contributed by atoms with Gasteiger partial charge in [-0.1, -0.05) is 42.5 Å². The van der Waals surface area contributed by atoms with Gasteiger partial charge >= 0.3 is 0 Å². The van der Waals surface area contributed by atoms with Gasteiger partial charge in [-0.15, -0.1) is 24.0 Å². The molecule has 0 saturated heterocycles. The molecular weight excluding hydrogens is 321 g/mol. The maximum Gasteiger partial charge on any atom is 0.149 e. The molecule has 0 aliphatic heterocycles. The lowest BCUT2D eigenvalue weighted by Gasteiger charge is -2.12. The van der Waals surface area contributed by atoms with Crippen LogP contribution in [0.4, 0.5) is 0 Å². The molecule has 2 aromatic carbocycles. The molecule has 1 atom stereocenters. The van der Waals surface area contributed by atoms with Crippen LogP contribution in [0.5, 0.6) is 5.75 Å². The van der Waals surface area contributed by atoms with Gasteiger partial charge < -0.3 is 10.5 Å². The van der Waals surface area contributed by atoms with Crippen molar-refractivity contribution in [2.45, 2.75) is 19.1 Å². The average Bonchev–Trinajstić information content (AvgIpc) is 2.54. The van der Waals surface area contributed by atoms with Crippen molar-refractivity contribution in [3.63, 3.8) is 0 Å². The van der Waals surface area contributed by atoms with E-state index in [9.17, 15) is 4.79 Å². The Morgan fingerprint density at radius 3 is 2.32 bits per heavy atom. The number of hydrogen-bond acceptors (Lipinski definition) is 3. The highest BCUT2D eigenvalue weighted by atomic mass is 35.5. The predicted octanol–water partition coefficient (Wildman–Crippen LogP) is 3.89. The molecule has 0 bridgehead atoms. The Kier molecular flexibility index (Phi) is 7.96. The fourth-order valence-electron chi connectivity index (χ4n) is 1.97. The van der Waals surface area contributed by atoms with Crippen molar-refractivity contribution in [2.75, 3.05) is 5.88 Å². The van der Waals surface area contributed by atoms with Crippen molar-refractivity contribution in [3.05, 3.63) is 65.7 Å². The summed E-state index contributed by atoms with van der Waals surface area (Å²) >= 11 is 5.48. The van der Waals surface area contributed by atoms with E-state index >= 15 is 0 Å². The second-order valence-corrected chi connectivity index (χ2v) is 5.09. The first-order valence-electron chi connectivity index (χ1n) is 6.79. The van der Waals surface area contributed by atoms with Crippen molar-refractivity contribution in [3.8, 4) is 5.75 Å². The van der Waals surface area contributed by atoms with E-state index in [1.54, 1.807) is 0 Å². The lowest BCUT2D eigenvalue weighted by atomic mass is 10.0. The predicted molar refractivity (Wildman–Crippen MR) is 91.7 cm³/mol. The summed E-state index contributed by atoms with van der Waals surface area (Å²) in [6.07, 6.45) is 0.258. The molecule has 0 aliphatic rings. The van der Waals surface area contributed by atoms with Gasteiger partial charge in [-0.25, -0.2) is 0 Å². The number of benzene rings is 2. The Morgan fingerprint density at radius 2 is 1.73 bits per heavy atom. The summed E-state index contributed by atoms with van der Waals surface area (Å²) < 4.78 is 5.70. The number of ketones is 1. The van der Waals surface area contributed by atoms with E-state index in [-0.39, 0.29) is 36.5 Å². The fourth-order valence-corrected chi connectivity index (χ4v) is 2.08. The molecule has 2 aromatic rings. The monoisotopic (exact) mass is 339 g/mol. The van der Waals surface area contributed by atoms with Crippen LogP contribution >= 0.6 is 24.0 Å². The van der Waals surface area contributed by atoms with Gasteiger partial charge in [0.25, 0.3) is 0 Å². The number of carbonyl (C=O) groups excluding carboxylic acids is 1. The Labute approximate surface area is 141 Å². The average molecular weight is 340 g/mol. The molecule has 3 nitrogen and oxygen atoms in total. The van der Waals surface area contributed by atoms with Crippen molar-refractivity contribution in [1.82, 2.24) is 0 Å². The van der Waals surface area contributed by atoms with Crippen LogP contribution in [0.2, 0.25) is 0 Å². The third-order valence-corrected chi connectivity index (χ3v) is 3.45. The number of ether oxygens (including phenoxy) is 1. The summed E-state index contributed by atoms with van der Waals surface area (Å²) in [5, 5.41) is 0. The van der Waals surface area contributed by atoms with E-state index in [4.69, 9.17) is 22.1 Å². The molecule has 0 fully saturated rings. The number of Topliss-reactive ketones (excluding diaryl/α,β-unsaturated/α-hetero) is 1. The fraction of sp³-hybridized carbons (Fsp3) is 0.235. The van der Waals surface area contributed by atoms with Gasteiger partial charge in [0.15, 0.2) is 0 Å². The molecule has 0 radical (unpaired) electrons. The van der Waals surface area contributed by atoms with Crippen LogP contribution in [0.3, 0.4) is 0 Å². The molecule has 0 spiro atoms. The van der Waals surface area contributed by atoms with Gasteiger partial charge in [0.05, 0.1) is 5.88 Å². The quantitative estimate of drug-likeness (QED) is 0.778. The van der Waals surface area contributed by atoms with E-state index in [1.807, 2.05) is 54.6 Å². The summed E-state index contributed by atoms with van der Waals surface area (Å²) in [4.78, 5) is 11.3. The van der Waals surface area contributed by atoms with Gasteiger partial charge in [0, 0.05) is 12.5 Å². The highest BCUT2D eigenvalue weighted by Crippen LogP contribution is 2.19. The van der Waals surface area contributed by atoms with Crippen LogP contribution in [0.1, 0.15) is 23.6 Å². The molecule has 5 heteroatoms. The lowest BCUT2D eigenvalue weighted by Crippen LogP contribution is -2.16. The molecule has 0 aromatic heterocycles. The molecule has 1 unspecified atom stereocenters. The summed E-state index contributed by atoms with van der Waals surface area (Å²) in [5.41, 5.74) is 7.99. The summed E-state index contributed by atoms with van der Waals surface area (Å²) in [5.74, 6) is 0.735. The minimum atomic E-state index is -0.320. The Hall–Kier alpha value is -1.55. The van der Waals surface area contributed by atoms with Gasteiger partial charge in [-0.05, 0) is 23.3 Å². The van der Waals surface area contributed by atoms with E-state index in [1.165, 1.54) is 0 Å². The number of carbonyl (C=O) groups is 1. The molecule has 118 valence electrons. The topological polar surface area (TPSA) is 52.3 Å². The third kappa shape index (κ3) is 5.68. The Morgan fingerprint density at radius 1 is 1.09 bits per heavy atom. The van der Waals surface area contributed by atoms with E-state index in [0.29, 0.717) is 6.61 Å². The number of rotatable bonds is 7. The molecule has 0 saturated carbocycles. The zero-order valence-corrected chi connectivity index (χ0v) is 13.6. The maximum absolute atomic E-state index is 11.3. The van der Waals surface area contributed by atoms with E-state index in [2.05, 4.69) is 0 Å². The van der Waals surface area contributed by atoms with Gasteiger partial charge in [-0.3, -0.25) is 4.79 Å². The highest BCUT2D eigenvalue weighted by molar-refractivity contribution is 6.27.